The van der Waals surface area contributed by atoms with Crippen molar-refractivity contribution in [1.82, 2.24) is 10.9 Å². The number of hydrogen-bond acceptors (Lipinski definition) is 4. The molecule has 98 valence electrons. The second kappa shape index (κ2) is 7.16. The maximum atomic E-state index is 11.5. The Hall–Kier alpha value is -2.24. The van der Waals surface area contributed by atoms with Gasteiger partial charge >= 0.3 is 6.09 Å². The maximum absolute atomic E-state index is 11.5. The largest absolute Gasteiger partial charge is 0.497 e. The standard InChI is InChI=1S/C12H16N2O4/c1-3-18-12(16)14-13-11(15)8-9-5-4-6-10(7-9)17-2/h4-7H,3,8H2,1-2H3,(H,13,15)(H,14,16). The van der Waals surface area contributed by atoms with Gasteiger partial charge in [0.15, 0.2) is 0 Å². The molecule has 0 aliphatic carbocycles. The van der Waals surface area contributed by atoms with Crippen LogP contribution < -0.4 is 15.6 Å². The Bertz CT molecular complexity index is 420. The van der Waals surface area contributed by atoms with Crippen LogP contribution in [0.1, 0.15) is 12.5 Å². The predicted molar refractivity (Wildman–Crippen MR) is 65.0 cm³/mol. The summed E-state index contributed by atoms with van der Waals surface area (Å²) >= 11 is 0. The van der Waals surface area contributed by atoms with Crippen LogP contribution >= 0.6 is 0 Å². The predicted octanol–water partition coefficient (Wildman–Crippen LogP) is 1.01. The third-order valence-electron chi connectivity index (χ3n) is 2.08. The highest BCUT2D eigenvalue weighted by Crippen LogP contribution is 2.12. The fraction of sp³-hybridized carbons (Fsp3) is 0.333. The highest BCUT2D eigenvalue weighted by Gasteiger charge is 2.06. The summed E-state index contributed by atoms with van der Waals surface area (Å²) in [5.74, 6) is 0.343. The lowest BCUT2D eigenvalue weighted by molar-refractivity contribution is -0.121. The van der Waals surface area contributed by atoms with Crippen molar-refractivity contribution in [2.45, 2.75) is 13.3 Å². The van der Waals surface area contributed by atoms with Crippen LogP contribution in [0, 0.1) is 0 Å². The van der Waals surface area contributed by atoms with Crippen LogP contribution in [0.2, 0.25) is 0 Å². The number of nitrogens with one attached hydrogen (secondary N) is 2. The summed E-state index contributed by atoms with van der Waals surface area (Å²) in [6, 6.07) is 7.13. The molecule has 18 heavy (non-hydrogen) atoms. The molecular formula is C12H16N2O4. The Morgan fingerprint density at radius 3 is 2.72 bits per heavy atom. The van der Waals surface area contributed by atoms with E-state index in [0.29, 0.717) is 5.75 Å². The molecule has 1 aromatic rings. The summed E-state index contributed by atoms with van der Waals surface area (Å²) in [4.78, 5) is 22.4. The van der Waals surface area contributed by atoms with E-state index in [1.54, 1.807) is 38.3 Å². The van der Waals surface area contributed by atoms with Gasteiger partial charge in [0.25, 0.3) is 0 Å². The Morgan fingerprint density at radius 2 is 2.06 bits per heavy atom. The van der Waals surface area contributed by atoms with Gasteiger partial charge in [-0.15, -0.1) is 0 Å². The molecule has 0 aromatic heterocycles. The second-order valence-electron chi connectivity index (χ2n) is 3.42. The zero-order chi connectivity index (χ0) is 13.4. The molecule has 6 nitrogen and oxygen atoms in total. The topological polar surface area (TPSA) is 76.7 Å². The van der Waals surface area contributed by atoms with E-state index in [1.807, 2.05) is 0 Å². The summed E-state index contributed by atoms with van der Waals surface area (Å²) in [6.07, 6.45) is -0.541. The highest BCUT2D eigenvalue weighted by atomic mass is 16.6. The van der Waals surface area contributed by atoms with Crippen LogP contribution in [-0.4, -0.2) is 25.7 Å². The van der Waals surface area contributed by atoms with Crippen molar-refractivity contribution in [2.75, 3.05) is 13.7 Å². The lowest BCUT2D eigenvalue weighted by Gasteiger charge is -2.07. The number of hydrazine groups is 1. The number of benzene rings is 1. The van der Waals surface area contributed by atoms with E-state index in [0.717, 1.165) is 5.56 Å². The number of amides is 2. The van der Waals surface area contributed by atoms with Gasteiger partial charge in [0.05, 0.1) is 20.1 Å². The van der Waals surface area contributed by atoms with Gasteiger partial charge in [0.1, 0.15) is 5.75 Å². The van der Waals surface area contributed by atoms with E-state index in [4.69, 9.17) is 4.74 Å². The van der Waals surface area contributed by atoms with Crippen LogP contribution in [0.5, 0.6) is 5.75 Å². The van der Waals surface area contributed by atoms with E-state index >= 15 is 0 Å². The normalized spacial score (nSPS) is 9.44. The fourth-order valence-electron chi connectivity index (χ4n) is 1.30. The van der Waals surface area contributed by atoms with E-state index in [9.17, 15) is 9.59 Å². The molecule has 0 unspecified atom stereocenters. The number of hydrogen-bond donors (Lipinski definition) is 2. The van der Waals surface area contributed by atoms with Crippen molar-refractivity contribution in [1.29, 1.82) is 0 Å². The lowest BCUT2D eigenvalue weighted by Crippen LogP contribution is -2.42. The maximum Gasteiger partial charge on any atom is 0.426 e. The summed E-state index contributed by atoms with van der Waals surface area (Å²) in [7, 11) is 1.56. The van der Waals surface area contributed by atoms with Crippen LogP contribution in [0.4, 0.5) is 4.79 Å². The molecule has 0 saturated heterocycles. The summed E-state index contributed by atoms with van der Waals surface area (Å²) in [6.45, 7) is 1.93. The molecule has 0 spiro atoms. The molecule has 0 saturated carbocycles. The van der Waals surface area contributed by atoms with Crippen molar-refractivity contribution in [2.24, 2.45) is 0 Å². The van der Waals surface area contributed by atoms with E-state index in [1.165, 1.54) is 0 Å². The van der Waals surface area contributed by atoms with Gasteiger partial charge in [-0.25, -0.2) is 10.2 Å². The van der Waals surface area contributed by atoms with Gasteiger partial charge in [-0.3, -0.25) is 10.2 Å². The Kier molecular flexibility index (Phi) is 5.50. The van der Waals surface area contributed by atoms with E-state index in [2.05, 4.69) is 15.6 Å². The molecular weight excluding hydrogens is 236 g/mol. The first-order chi connectivity index (χ1) is 8.65. The third-order valence-corrected chi connectivity index (χ3v) is 2.08. The van der Waals surface area contributed by atoms with Crippen LogP contribution in [0.15, 0.2) is 24.3 Å². The minimum absolute atomic E-state index is 0.142. The molecule has 0 aliphatic heterocycles. The number of rotatable bonds is 4. The quantitative estimate of drug-likeness (QED) is 0.784. The monoisotopic (exact) mass is 252 g/mol. The first-order valence-electron chi connectivity index (χ1n) is 5.50. The van der Waals surface area contributed by atoms with Crippen molar-refractivity contribution >= 4 is 12.0 Å². The molecule has 1 rings (SSSR count). The number of carbonyl (C=O) groups is 2. The van der Waals surface area contributed by atoms with Crippen molar-refractivity contribution in [3.63, 3.8) is 0 Å². The first-order valence-corrected chi connectivity index (χ1v) is 5.50. The number of methoxy groups -OCH3 is 1. The fourth-order valence-corrected chi connectivity index (χ4v) is 1.30. The van der Waals surface area contributed by atoms with Gasteiger partial charge in [-0.2, -0.15) is 0 Å². The summed E-state index contributed by atoms with van der Waals surface area (Å²) in [5, 5.41) is 0. The molecule has 2 N–H and O–H groups in total. The van der Waals surface area contributed by atoms with Gasteiger partial charge in [0.2, 0.25) is 5.91 Å². The van der Waals surface area contributed by atoms with Gasteiger partial charge < -0.3 is 9.47 Å². The average Bonchev–Trinajstić information content (AvgIpc) is 2.37. The SMILES string of the molecule is CCOC(=O)NNC(=O)Cc1cccc(OC)c1. The Morgan fingerprint density at radius 1 is 1.28 bits per heavy atom. The summed E-state index contributed by atoms with van der Waals surface area (Å²) in [5.41, 5.74) is 5.18. The van der Waals surface area contributed by atoms with Crippen molar-refractivity contribution in [3.8, 4) is 5.75 Å². The minimum atomic E-state index is -0.684. The van der Waals surface area contributed by atoms with Crippen molar-refractivity contribution in [3.05, 3.63) is 29.8 Å². The lowest BCUT2D eigenvalue weighted by atomic mass is 10.1. The van der Waals surface area contributed by atoms with Crippen LogP contribution in [-0.2, 0) is 16.0 Å². The zero-order valence-corrected chi connectivity index (χ0v) is 10.4. The van der Waals surface area contributed by atoms with E-state index in [-0.39, 0.29) is 18.9 Å². The third kappa shape index (κ3) is 4.73. The molecule has 0 fully saturated rings. The molecule has 1 aromatic carbocycles. The number of ether oxygens (including phenoxy) is 2. The Labute approximate surface area is 105 Å². The zero-order valence-electron chi connectivity index (χ0n) is 10.4. The molecule has 0 aliphatic rings. The number of carbonyl (C=O) groups excluding carboxylic acids is 2. The summed E-state index contributed by atoms with van der Waals surface area (Å²) < 4.78 is 9.64. The van der Waals surface area contributed by atoms with Gasteiger partial charge in [-0.05, 0) is 24.6 Å². The second-order valence-corrected chi connectivity index (χ2v) is 3.42. The van der Waals surface area contributed by atoms with Gasteiger partial charge in [-0.1, -0.05) is 12.1 Å². The molecule has 0 radical (unpaired) electrons. The van der Waals surface area contributed by atoms with E-state index < -0.39 is 6.09 Å². The average molecular weight is 252 g/mol. The molecule has 0 atom stereocenters. The smallest absolute Gasteiger partial charge is 0.426 e. The minimum Gasteiger partial charge on any atom is -0.497 e. The van der Waals surface area contributed by atoms with Crippen molar-refractivity contribution < 1.29 is 19.1 Å². The molecule has 0 heterocycles. The highest BCUT2D eigenvalue weighted by molar-refractivity contribution is 5.81. The molecule has 0 bridgehead atoms. The van der Waals surface area contributed by atoms with Gasteiger partial charge in [0, 0.05) is 0 Å². The van der Waals surface area contributed by atoms with Crippen LogP contribution in [0.3, 0.4) is 0 Å². The Balaban J connectivity index is 2.42. The van der Waals surface area contributed by atoms with Crippen LogP contribution in [0.25, 0.3) is 0 Å². The first kappa shape index (κ1) is 13.8. The molecule has 6 heteroatoms. The molecule has 2 amide bonds.